The number of rotatable bonds is 10. The number of nitrogens with one attached hydrogen (secondary N) is 1. The molecule has 3 rings (SSSR count). The third kappa shape index (κ3) is 7.87. The highest BCUT2D eigenvalue weighted by molar-refractivity contribution is 5.99. The Bertz CT molecular complexity index is 1450. The predicted molar refractivity (Wildman–Crippen MR) is 141 cm³/mol. The Morgan fingerprint density at radius 3 is 2.02 bits per heavy atom. The molecule has 12 nitrogen and oxygen atoms in total. The van der Waals surface area contributed by atoms with Crippen LogP contribution in [0.2, 0.25) is 0 Å². The third-order valence-electron chi connectivity index (χ3n) is 5.40. The monoisotopic (exact) mass is 549 g/mol. The first-order valence-electron chi connectivity index (χ1n) is 11.9. The molecular formula is C28H27N3O9. The SMILES string of the molecule is CC(=O)OCOC(=O)c1cccc(C=NNC(=O)c2ccc(C(=O)OCOC(C)=O)c(-n3c(C)ccc3C)c2)c1. The molecule has 0 radical (unpaired) electrons. The molecule has 208 valence electrons. The Kier molecular flexibility index (Phi) is 9.90. The van der Waals surface area contributed by atoms with Crippen LogP contribution < -0.4 is 5.43 Å². The minimum Gasteiger partial charge on any atom is -0.428 e. The standard InChI is InChI=1S/C28H27N3O9/c1-17-8-9-18(2)31(17)25-13-22(10-11-24(25)28(36)40-16-38-20(4)33)26(34)30-29-14-21-6-5-7-23(12-21)27(35)39-15-37-19(3)32/h5-14H,15-16H2,1-4H3,(H,30,34). The number of esters is 4. The maximum Gasteiger partial charge on any atom is 0.343 e. The van der Waals surface area contributed by atoms with Gasteiger partial charge in [-0.15, -0.1) is 0 Å². The lowest BCUT2D eigenvalue weighted by atomic mass is 10.1. The van der Waals surface area contributed by atoms with Gasteiger partial charge in [0.15, 0.2) is 0 Å². The van der Waals surface area contributed by atoms with Gasteiger partial charge in [-0.2, -0.15) is 5.10 Å². The fourth-order valence-corrected chi connectivity index (χ4v) is 3.55. The second-order valence-electron chi connectivity index (χ2n) is 8.38. The molecule has 0 saturated heterocycles. The number of hydrogen-bond acceptors (Lipinski definition) is 10. The lowest BCUT2D eigenvalue weighted by Crippen LogP contribution is -2.20. The Morgan fingerprint density at radius 1 is 0.775 bits per heavy atom. The molecule has 1 N–H and O–H groups in total. The first-order valence-corrected chi connectivity index (χ1v) is 11.9. The molecule has 2 aromatic carbocycles. The number of nitrogens with zero attached hydrogens (tertiary/aromatic N) is 2. The molecule has 0 aliphatic carbocycles. The van der Waals surface area contributed by atoms with Gasteiger partial charge in [0.05, 0.1) is 23.0 Å². The topological polar surface area (TPSA) is 152 Å². The maximum absolute atomic E-state index is 12.9. The van der Waals surface area contributed by atoms with Gasteiger partial charge in [0.25, 0.3) is 5.91 Å². The number of aryl methyl sites for hydroxylation is 2. The van der Waals surface area contributed by atoms with Crippen LogP contribution in [-0.2, 0) is 28.5 Å². The van der Waals surface area contributed by atoms with Crippen molar-refractivity contribution >= 4 is 36.0 Å². The number of hydrazone groups is 1. The van der Waals surface area contributed by atoms with Crippen molar-refractivity contribution in [1.82, 2.24) is 9.99 Å². The molecule has 0 spiro atoms. The molecule has 0 fully saturated rings. The first-order chi connectivity index (χ1) is 19.1. The number of ether oxygens (including phenoxy) is 4. The summed E-state index contributed by atoms with van der Waals surface area (Å²) in [6, 6.07) is 14.4. The molecule has 1 heterocycles. The molecule has 1 aromatic heterocycles. The summed E-state index contributed by atoms with van der Waals surface area (Å²) in [4.78, 5) is 59.5. The van der Waals surface area contributed by atoms with Crippen LogP contribution in [0.15, 0.2) is 59.7 Å². The van der Waals surface area contributed by atoms with Gasteiger partial charge in [-0.05, 0) is 61.9 Å². The summed E-state index contributed by atoms with van der Waals surface area (Å²) in [6.45, 7) is 5.03. The summed E-state index contributed by atoms with van der Waals surface area (Å²) >= 11 is 0. The van der Waals surface area contributed by atoms with E-state index in [4.69, 9.17) is 9.47 Å². The molecule has 1 amide bonds. The maximum atomic E-state index is 12.9. The predicted octanol–water partition coefficient (Wildman–Crippen LogP) is 3.21. The average Bonchev–Trinajstić information content (AvgIpc) is 3.25. The minimum absolute atomic E-state index is 0.159. The number of benzene rings is 2. The van der Waals surface area contributed by atoms with Crippen molar-refractivity contribution in [2.24, 2.45) is 5.10 Å². The van der Waals surface area contributed by atoms with E-state index in [2.05, 4.69) is 20.0 Å². The second kappa shape index (κ2) is 13.5. The van der Waals surface area contributed by atoms with Crippen molar-refractivity contribution in [3.8, 4) is 5.69 Å². The highest BCUT2D eigenvalue weighted by Crippen LogP contribution is 2.23. The Balaban J connectivity index is 1.76. The largest absolute Gasteiger partial charge is 0.428 e. The highest BCUT2D eigenvalue weighted by Gasteiger charge is 2.19. The van der Waals surface area contributed by atoms with Crippen LogP contribution in [0.4, 0.5) is 0 Å². The molecule has 0 saturated carbocycles. The van der Waals surface area contributed by atoms with Gasteiger partial charge in [0.1, 0.15) is 0 Å². The van der Waals surface area contributed by atoms with Crippen LogP contribution in [0, 0.1) is 13.8 Å². The first kappa shape index (κ1) is 29.3. The van der Waals surface area contributed by atoms with Crippen LogP contribution in [-0.4, -0.2) is 54.2 Å². The van der Waals surface area contributed by atoms with Crippen LogP contribution in [0.3, 0.4) is 0 Å². The number of carbonyl (C=O) groups excluding carboxylic acids is 5. The smallest absolute Gasteiger partial charge is 0.343 e. The van der Waals surface area contributed by atoms with Gasteiger partial charge in [0.2, 0.25) is 13.6 Å². The molecular weight excluding hydrogens is 522 g/mol. The highest BCUT2D eigenvalue weighted by atomic mass is 16.7. The lowest BCUT2D eigenvalue weighted by Gasteiger charge is -2.15. The lowest BCUT2D eigenvalue weighted by molar-refractivity contribution is -0.150. The Labute approximate surface area is 229 Å². The van der Waals surface area contributed by atoms with E-state index in [1.54, 1.807) is 16.7 Å². The zero-order valence-electron chi connectivity index (χ0n) is 22.3. The third-order valence-corrected chi connectivity index (χ3v) is 5.40. The molecule has 40 heavy (non-hydrogen) atoms. The molecule has 3 aromatic rings. The summed E-state index contributed by atoms with van der Waals surface area (Å²) in [5, 5.41) is 3.95. The fraction of sp³-hybridized carbons (Fsp3) is 0.214. The minimum atomic E-state index is -0.736. The summed E-state index contributed by atoms with van der Waals surface area (Å²) in [5.74, 6) is -3.17. The summed E-state index contributed by atoms with van der Waals surface area (Å²) in [6.07, 6.45) is 1.34. The van der Waals surface area contributed by atoms with Crippen LogP contribution in [0.1, 0.15) is 61.9 Å². The van der Waals surface area contributed by atoms with Gasteiger partial charge in [-0.25, -0.2) is 15.0 Å². The Hall–Kier alpha value is -5.26. The van der Waals surface area contributed by atoms with E-state index >= 15 is 0 Å². The van der Waals surface area contributed by atoms with Gasteiger partial charge < -0.3 is 23.5 Å². The van der Waals surface area contributed by atoms with E-state index < -0.39 is 43.4 Å². The summed E-state index contributed by atoms with van der Waals surface area (Å²) in [5.41, 5.74) is 5.49. The van der Waals surface area contributed by atoms with E-state index in [-0.39, 0.29) is 16.7 Å². The van der Waals surface area contributed by atoms with Crippen molar-refractivity contribution in [2.45, 2.75) is 27.7 Å². The number of hydrogen-bond donors (Lipinski definition) is 1. The summed E-state index contributed by atoms with van der Waals surface area (Å²) < 4.78 is 21.0. The van der Waals surface area contributed by atoms with Crippen LogP contribution >= 0.6 is 0 Å². The van der Waals surface area contributed by atoms with Crippen molar-refractivity contribution in [3.63, 3.8) is 0 Å². The van der Waals surface area contributed by atoms with Crippen molar-refractivity contribution in [2.75, 3.05) is 13.6 Å². The van der Waals surface area contributed by atoms with Gasteiger partial charge in [-0.3, -0.25) is 14.4 Å². The van der Waals surface area contributed by atoms with Crippen LogP contribution in [0.25, 0.3) is 5.69 Å². The molecule has 0 aliphatic heterocycles. The zero-order valence-corrected chi connectivity index (χ0v) is 22.3. The quantitative estimate of drug-likeness (QED) is 0.174. The fourth-order valence-electron chi connectivity index (χ4n) is 3.55. The van der Waals surface area contributed by atoms with E-state index in [1.165, 1.54) is 50.4 Å². The zero-order chi connectivity index (χ0) is 29.2. The van der Waals surface area contributed by atoms with E-state index in [9.17, 15) is 24.0 Å². The van der Waals surface area contributed by atoms with Crippen molar-refractivity contribution < 1.29 is 42.9 Å². The summed E-state index contributed by atoms with van der Waals surface area (Å²) in [7, 11) is 0. The normalized spacial score (nSPS) is 10.6. The average molecular weight is 550 g/mol. The van der Waals surface area contributed by atoms with Crippen molar-refractivity contribution in [1.29, 1.82) is 0 Å². The molecule has 12 heteroatoms. The molecule has 0 aliphatic rings. The second-order valence-corrected chi connectivity index (χ2v) is 8.38. The molecule has 0 atom stereocenters. The molecule has 0 unspecified atom stereocenters. The Morgan fingerprint density at radius 2 is 1.40 bits per heavy atom. The van der Waals surface area contributed by atoms with E-state index in [0.717, 1.165) is 11.4 Å². The number of carbonyl (C=O) groups is 5. The number of amides is 1. The van der Waals surface area contributed by atoms with Gasteiger partial charge in [-0.1, -0.05) is 12.1 Å². The number of aromatic nitrogens is 1. The van der Waals surface area contributed by atoms with Gasteiger partial charge in [0, 0.05) is 30.8 Å². The van der Waals surface area contributed by atoms with Crippen molar-refractivity contribution in [3.05, 3.63) is 88.2 Å². The van der Waals surface area contributed by atoms with E-state index in [0.29, 0.717) is 11.3 Å². The van der Waals surface area contributed by atoms with E-state index in [1.807, 2.05) is 26.0 Å². The van der Waals surface area contributed by atoms with Crippen LogP contribution in [0.5, 0.6) is 0 Å². The molecule has 0 bridgehead atoms. The van der Waals surface area contributed by atoms with Gasteiger partial charge >= 0.3 is 23.9 Å².